The molecule has 0 spiro atoms. The Labute approximate surface area is 141 Å². The van der Waals surface area contributed by atoms with Gasteiger partial charge in [0.1, 0.15) is 17.5 Å². The molecule has 1 amide bonds. The van der Waals surface area contributed by atoms with Gasteiger partial charge in [-0.05, 0) is 23.6 Å². The number of hydrogen-bond acceptors (Lipinski definition) is 4. The highest BCUT2D eigenvalue weighted by atomic mass is 16.3. The first kappa shape index (κ1) is 14.9. The highest BCUT2D eigenvalue weighted by Crippen LogP contribution is 2.29. The molecule has 0 saturated carbocycles. The van der Waals surface area contributed by atoms with Gasteiger partial charge in [-0.2, -0.15) is 0 Å². The number of oxazole rings is 1. The van der Waals surface area contributed by atoms with E-state index in [9.17, 15) is 9.59 Å². The number of nitrogens with two attached hydrogens (primary N) is 1. The molecular weight excluding hydrogens is 318 g/mol. The SMILES string of the molecule is NC(=O)c1cc2cccc(-c3coc(-c4ccccc4)n3)c2[nH]c1=O. The number of benzene rings is 2. The van der Waals surface area contributed by atoms with Gasteiger partial charge in [-0.3, -0.25) is 9.59 Å². The smallest absolute Gasteiger partial charge is 0.261 e. The lowest BCUT2D eigenvalue weighted by Crippen LogP contribution is -2.23. The molecule has 0 bridgehead atoms. The van der Waals surface area contributed by atoms with E-state index in [2.05, 4.69) is 9.97 Å². The predicted molar refractivity (Wildman–Crippen MR) is 94.0 cm³/mol. The minimum Gasteiger partial charge on any atom is -0.444 e. The van der Waals surface area contributed by atoms with Gasteiger partial charge in [0.25, 0.3) is 11.5 Å². The summed E-state index contributed by atoms with van der Waals surface area (Å²) in [7, 11) is 0. The fourth-order valence-electron chi connectivity index (χ4n) is 2.74. The van der Waals surface area contributed by atoms with E-state index in [0.717, 1.165) is 5.56 Å². The van der Waals surface area contributed by atoms with Crippen molar-refractivity contribution in [3.8, 4) is 22.7 Å². The zero-order valence-corrected chi connectivity index (χ0v) is 13.0. The first-order valence-corrected chi connectivity index (χ1v) is 7.60. The normalized spacial score (nSPS) is 10.9. The second-order valence-corrected chi connectivity index (χ2v) is 5.55. The molecule has 2 aromatic heterocycles. The molecule has 0 aliphatic carbocycles. The Morgan fingerprint density at radius 3 is 2.64 bits per heavy atom. The molecule has 2 aromatic carbocycles. The topological polar surface area (TPSA) is 102 Å². The van der Waals surface area contributed by atoms with Gasteiger partial charge in [0.15, 0.2) is 0 Å². The molecule has 122 valence electrons. The van der Waals surface area contributed by atoms with Gasteiger partial charge in [-0.1, -0.05) is 36.4 Å². The molecule has 0 aliphatic rings. The van der Waals surface area contributed by atoms with Gasteiger partial charge in [0, 0.05) is 11.1 Å². The average Bonchev–Trinajstić information content (AvgIpc) is 3.11. The predicted octanol–water partition coefficient (Wildman–Crippen LogP) is 2.95. The number of fused-ring (bicyclic) bond motifs is 1. The molecule has 0 fully saturated rings. The van der Waals surface area contributed by atoms with Crippen molar-refractivity contribution in [2.75, 3.05) is 0 Å². The summed E-state index contributed by atoms with van der Waals surface area (Å²) in [4.78, 5) is 30.7. The third-order valence-electron chi connectivity index (χ3n) is 3.95. The number of H-pyrrole nitrogens is 1. The van der Waals surface area contributed by atoms with Crippen molar-refractivity contribution in [1.29, 1.82) is 0 Å². The Kier molecular flexibility index (Phi) is 3.43. The maximum atomic E-state index is 12.1. The van der Waals surface area contributed by atoms with Crippen LogP contribution in [0.1, 0.15) is 10.4 Å². The van der Waals surface area contributed by atoms with Crippen LogP contribution < -0.4 is 11.3 Å². The summed E-state index contributed by atoms with van der Waals surface area (Å²) in [6, 6.07) is 16.4. The fraction of sp³-hybridized carbons (Fsp3) is 0. The largest absolute Gasteiger partial charge is 0.444 e. The van der Waals surface area contributed by atoms with Crippen LogP contribution in [0.4, 0.5) is 0 Å². The third-order valence-corrected chi connectivity index (χ3v) is 3.95. The molecule has 25 heavy (non-hydrogen) atoms. The highest BCUT2D eigenvalue weighted by Gasteiger charge is 2.14. The van der Waals surface area contributed by atoms with Crippen molar-refractivity contribution in [2.45, 2.75) is 0 Å². The molecule has 0 saturated heterocycles. The first-order valence-electron chi connectivity index (χ1n) is 7.60. The Morgan fingerprint density at radius 2 is 1.88 bits per heavy atom. The quantitative estimate of drug-likeness (QED) is 0.602. The molecule has 0 atom stereocenters. The number of hydrogen-bond donors (Lipinski definition) is 2. The van der Waals surface area contributed by atoms with E-state index in [1.165, 1.54) is 12.3 Å². The van der Waals surface area contributed by atoms with Gasteiger partial charge in [-0.25, -0.2) is 4.98 Å². The summed E-state index contributed by atoms with van der Waals surface area (Å²) in [5.74, 6) is -0.273. The van der Waals surface area contributed by atoms with Gasteiger partial charge in [0.2, 0.25) is 5.89 Å². The maximum absolute atomic E-state index is 12.1. The minimum atomic E-state index is -0.763. The summed E-state index contributed by atoms with van der Waals surface area (Å²) in [5.41, 5.74) is 7.36. The van der Waals surface area contributed by atoms with E-state index in [1.807, 2.05) is 42.5 Å². The van der Waals surface area contributed by atoms with E-state index < -0.39 is 11.5 Å². The number of nitrogens with one attached hydrogen (secondary N) is 1. The number of rotatable bonds is 3. The van der Waals surface area contributed by atoms with Gasteiger partial charge < -0.3 is 15.1 Å². The van der Waals surface area contributed by atoms with Crippen LogP contribution in [0.2, 0.25) is 0 Å². The first-order chi connectivity index (χ1) is 12.1. The number of para-hydroxylation sites is 1. The number of primary amides is 1. The number of pyridine rings is 1. The average molecular weight is 331 g/mol. The van der Waals surface area contributed by atoms with E-state index in [1.54, 1.807) is 6.07 Å². The van der Waals surface area contributed by atoms with Crippen molar-refractivity contribution in [2.24, 2.45) is 5.73 Å². The molecule has 2 heterocycles. The standard InChI is InChI=1S/C19H13N3O3/c20-17(23)14-9-12-7-4-8-13(16(12)22-18(14)24)15-10-25-19(21-15)11-5-2-1-3-6-11/h1-10H,(H2,20,23)(H,22,24). The van der Waals surface area contributed by atoms with Crippen molar-refractivity contribution < 1.29 is 9.21 Å². The van der Waals surface area contributed by atoms with E-state index in [-0.39, 0.29) is 5.56 Å². The van der Waals surface area contributed by atoms with Crippen LogP contribution in [0.25, 0.3) is 33.6 Å². The number of carbonyl (C=O) groups excluding carboxylic acids is 1. The van der Waals surface area contributed by atoms with Crippen LogP contribution in [0.5, 0.6) is 0 Å². The molecule has 0 unspecified atom stereocenters. The fourth-order valence-corrected chi connectivity index (χ4v) is 2.74. The molecule has 4 aromatic rings. The van der Waals surface area contributed by atoms with Crippen molar-refractivity contribution >= 4 is 16.8 Å². The molecule has 0 radical (unpaired) electrons. The lowest BCUT2D eigenvalue weighted by molar-refractivity contribution is 0.0999. The summed E-state index contributed by atoms with van der Waals surface area (Å²) in [6.07, 6.45) is 1.54. The van der Waals surface area contributed by atoms with Gasteiger partial charge >= 0.3 is 0 Å². The minimum absolute atomic E-state index is 0.0743. The van der Waals surface area contributed by atoms with E-state index in [0.29, 0.717) is 28.1 Å². The monoisotopic (exact) mass is 331 g/mol. The van der Waals surface area contributed by atoms with Crippen LogP contribution in [0.3, 0.4) is 0 Å². The Bertz CT molecular complexity index is 1140. The summed E-state index contributed by atoms with van der Waals surface area (Å²) >= 11 is 0. The number of amides is 1. The molecule has 6 nitrogen and oxygen atoms in total. The van der Waals surface area contributed by atoms with Crippen molar-refractivity contribution in [3.63, 3.8) is 0 Å². The lowest BCUT2D eigenvalue weighted by Gasteiger charge is -2.04. The van der Waals surface area contributed by atoms with Crippen LogP contribution in [-0.4, -0.2) is 15.9 Å². The van der Waals surface area contributed by atoms with Crippen LogP contribution in [0, 0.1) is 0 Å². The molecule has 4 rings (SSSR count). The summed E-state index contributed by atoms with van der Waals surface area (Å²) in [5, 5.41) is 0.690. The second kappa shape index (κ2) is 5.76. The Hall–Kier alpha value is -3.67. The highest BCUT2D eigenvalue weighted by molar-refractivity contribution is 5.99. The summed E-state index contributed by atoms with van der Waals surface area (Å²) in [6.45, 7) is 0. The van der Waals surface area contributed by atoms with Crippen molar-refractivity contribution in [3.05, 3.63) is 76.8 Å². The zero-order valence-electron chi connectivity index (χ0n) is 13.0. The molecular formula is C19H13N3O3. The van der Waals surface area contributed by atoms with Crippen LogP contribution in [-0.2, 0) is 0 Å². The van der Waals surface area contributed by atoms with E-state index >= 15 is 0 Å². The number of nitrogens with zero attached hydrogens (tertiary/aromatic N) is 1. The van der Waals surface area contributed by atoms with Gasteiger partial charge in [0.05, 0.1) is 5.52 Å². The zero-order chi connectivity index (χ0) is 17.4. The Balaban J connectivity index is 1.88. The van der Waals surface area contributed by atoms with Crippen LogP contribution >= 0.6 is 0 Å². The number of aromatic nitrogens is 2. The van der Waals surface area contributed by atoms with Crippen LogP contribution in [0.15, 0.2) is 70.1 Å². The molecule has 3 N–H and O–H groups in total. The molecule has 0 aliphatic heterocycles. The maximum Gasteiger partial charge on any atom is 0.261 e. The number of carbonyl (C=O) groups is 1. The second-order valence-electron chi connectivity index (χ2n) is 5.55. The molecule has 6 heteroatoms. The van der Waals surface area contributed by atoms with E-state index in [4.69, 9.17) is 10.2 Å². The third kappa shape index (κ3) is 2.59. The lowest BCUT2D eigenvalue weighted by atomic mass is 10.1. The van der Waals surface area contributed by atoms with Crippen molar-refractivity contribution in [1.82, 2.24) is 9.97 Å². The number of aromatic amines is 1. The van der Waals surface area contributed by atoms with Gasteiger partial charge in [-0.15, -0.1) is 0 Å². The Morgan fingerprint density at radius 1 is 1.08 bits per heavy atom. The summed E-state index contributed by atoms with van der Waals surface area (Å²) < 4.78 is 5.57.